The second kappa shape index (κ2) is 7.80. The number of nitrogens with zero attached hydrogens (tertiary/aromatic N) is 3. The van der Waals surface area contributed by atoms with Crippen LogP contribution < -0.4 is 5.56 Å². The Balaban J connectivity index is 1.91. The summed E-state index contributed by atoms with van der Waals surface area (Å²) in [4.78, 5) is 35.9. The van der Waals surface area contributed by atoms with Crippen LogP contribution in [0.2, 0.25) is 5.02 Å². The van der Waals surface area contributed by atoms with Gasteiger partial charge < -0.3 is 14.8 Å². The fraction of sp³-hybridized carbons (Fsp3) is 0.389. The minimum absolute atomic E-state index is 0.0790. The van der Waals surface area contributed by atoms with Gasteiger partial charge in [-0.2, -0.15) is 0 Å². The van der Waals surface area contributed by atoms with Crippen LogP contribution in [0, 0.1) is 0 Å². The molecular weight excluding hydrogens is 340 g/mol. The molecule has 0 bridgehead atoms. The van der Waals surface area contributed by atoms with Gasteiger partial charge in [-0.25, -0.2) is 0 Å². The Morgan fingerprint density at radius 2 is 2.20 bits per heavy atom. The maximum absolute atomic E-state index is 13.1. The molecule has 132 valence electrons. The number of rotatable bonds is 4. The summed E-state index contributed by atoms with van der Waals surface area (Å²) < 4.78 is 0. The summed E-state index contributed by atoms with van der Waals surface area (Å²) >= 11 is 5.97. The predicted octanol–water partition coefficient (Wildman–Crippen LogP) is 2.16. The molecule has 1 aliphatic rings. The number of halogens is 1. The number of nitrogens with one attached hydrogen (secondary N) is 1. The van der Waals surface area contributed by atoms with Crippen LogP contribution in [0.5, 0.6) is 0 Å². The van der Waals surface area contributed by atoms with E-state index in [1.54, 1.807) is 17.3 Å². The number of likely N-dealkylation sites (tertiary alicyclic amines) is 1. The first kappa shape index (κ1) is 17.6. The molecule has 1 aliphatic heterocycles. The fourth-order valence-corrected chi connectivity index (χ4v) is 3.30. The highest BCUT2D eigenvalue weighted by molar-refractivity contribution is 6.30. The van der Waals surface area contributed by atoms with Crippen LogP contribution in [0.3, 0.4) is 0 Å². The van der Waals surface area contributed by atoms with Crippen molar-refractivity contribution < 1.29 is 4.79 Å². The molecule has 0 aliphatic carbocycles. The third-order valence-electron chi connectivity index (χ3n) is 4.56. The first-order chi connectivity index (χ1) is 12.0. The van der Waals surface area contributed by atoms with E-state index in [0.29, 0.717) is 11.6 Å². The first-order valence-corrected chi connectivity index (χ1v) is 8.69. The van der Waals surface area contributed by atoms with E-state index in [9.17, 15) is 9.59 Å². The lowest BCUT2D eigenvalue weighted by Crippen LogP contribution is -2.47. The summed E-state index contributed by atoms with van der Waals surface area (Å²) in [6, 6.07) is 5.30. The van der Waals surface area contributed by atoms with E-state index in [0.717, 1.165) is 31.5 Å². The molecule has 3 rings (SSSR count). The second-order valence-corrected chi connectivity index (χ2v) is 6.83. The number of hydrogen-bond acceptors (Lipinski definition) is 4. The molecule has 0 aromatic carbocycles. The highest BCUT2D eigenvalue weighted by Gasteiger charge is 2.29. The Kier molecular flexibility index (Phi) is 5.50. The number of aromatic nitrogens is 2. The van der Waals surface area contributed by atoms with Gasteiger partial charge in [-0.15, -0.1) is 0 Å². The molecule has 25 heavy (non-hydrogen) atoms. The number of H-pyrrole nitrogens is 1. The molecule has 2 aromatic rings. The summed E-state index contributed by atoms with van der Waals surface area (Å²) in [7, 11) is 2.07. The maximum Gasteiger partial charge on any atom is 0.260 e. The molecule has 0 radical (unpaired) electrons. The van der Waals surface area contributed by atoms with E-state index in [4.69, 9.17) is 11.6 Å². The summed E-state index contributed by atoms with van der Waals surface area (Å²) in [5, 5.41) is 0.340. The zero-order valence-electron chi connectivity index (χ0n) is 14.1. The standard InChI is InChI=1S/C18H21ClN4O2/c1-22-7-4-15(5-8-22)23(12-13-3-2-6-20-10-13)18(25)16-9-14(19)11-21-17(16)24/h2-3,6,9-11,15H,4-5,7-8,12H2,1H3,(H,21,24). The summed E-state index contributed by atoms with van der Waals surface area (Å²) in [6.45, 7) is 2.27. The number of pyridine rings is 2. The van der Waals surface area contributed by atoms with Gasteiger partial charge in [0.1, 0.15) is 5.56 Å². The van der Waals surface area contributed by atoms with Crippen molar-refractivity contribution >= 4 is 17.5 Å². The van der Waals surface area contributed by atoms with Gasteiger partial charge in [0.15, 0.2) is 0 Å². The average Bonchev–Trinajstić information content (AvgIpc) is 2.63. The van der Waals surface area contributed by atoms with E-state index in [1.807, 2.05) is 12.1 Å². The van der Waals surface area contributed by atoms with Crippen LogP contribution >= 0.6 is 11.6 Å². The van der Waals surface area contributed by atoms with Gasteiger partial charge in [0, 0.05) is 31.2 Å². The zero-order valence-corrected chi connectivity index (χ0v) is 14.9. The zero-order chi connectivity index (χ0) is 17.8. The van der Waals surface area contributed by atoms with Crippen LogP contribution in [-0.2, 0) is 6.54 Å². The van der Waals surface area contributed by atoms with E-state index in [2.05, 4.69) is 21.9 Å². The van der Waals surface area contributed by atoms with Crippen molar-refractivity contribution in [3.63, 3.8) is 0 Å². The lowest BCUT2D eigenvalue weighted by molar-refractivity contribution is 0.0567. The van der Waals surface area contributed by atoms with Gasteiger partial charge in [0.2, 0.25) is 0 Å². The molecule has 0 spiro atoms. The molecule has 1 fully saturated rings. The Morgan fingerprint density at radius 3 is 2.88 bits per heavy atom. The predicted molar refractivity (Wildman–Crippen MR) is 96.7 cm³/mol. The minimum atomic E-state index is -0.418. The smallest absolute Gasteiger partial charge is 0.260 e. The molecule has 3 heterocycles. The van der Waals surface area contributed by atoms with Gasteiger partial charge in [0.25, 0.3) is 11.5 Å². The van der Waals surface area contributed by atoms with Gasteiger partial charge in [0.05, 0.1) is 5.02 Å². The molecule has 1 amide bonds. The Labute approximate surface area is 151 Å². The lowest BCUT2D eigenvalue weighted by atomic mass is 10.0. The largest absolute Gasteiger partial charge is 0.331 e. The number of piperidine rings is 1. The van der Waals surface area contributed by atoms with Crippen molar-refractivity contribution in [3.8, 4) is 0 Å². The SMILES string of the molecule is CN1CCC(N(Cc2cccnc2)C(=O)c2cc(Cl)c[nH]c2=O)CC1. The number of carbonyl (C=O) groups excluding carboxylic acids is 1. The highest BCUT2D eigenvalue weighted by Crippen LogP contribution is 2.20. The Morgan fingerprint density at radius 1 is 1.44 bits per heavy atom. The minimum Gasteiger partial charge on any atom is -0.331 e. The van der Waals surface area contributed by atoms with Gasteiger partial charge >= 0.3 is 0 Å². The molecule has 1 N–H and O–H groups in total. The van der Waals surface area contributed by atoms with E-state index in [-0.39, 0.29) is 17.5 Å². The molecule has 0 unspecified atom stereocenters. The van der Waals surface area contributed by atoms with Crippen molar-refractivity contribution in [1.82, 2.24) is 19.8 Å². The Bertz CT molecular complexity index is 785. The lowest BCUT2D eigenvalue weighted by Gasteiger charge is -2.37. The normalized spacial score (nSPS) is 15.9. The van der Waals surface area contributed by atoms with E-state index >= 15 is 0 Å². The average molecular weight is 361 g/mol. The van der Waals surface area contributed by atoms with Gasteiger partial charge in [-0.3, -0.25) is 14.6 Å². The van der Waals surface area contributed by atoms with Crippen molar-refractivity contribution in [2.24, 2.45) is 0 Å². The molecular formula is C18H21ClN4O2. The summed E-state index contributed by atoms with van der Waals surface area (Å²) in [5.74, 6) is -0.290. The van der Waals surface area contributed by atoms with Crippen LogP contribution in [-0.4, -0.2) is 51.9 Å². The monoisotopic (exact) mass is 360 g/mol. The van der Waals surface area contributed by atoms with Crippen LogP contribution in [0.25, 0.3) is 0 Å². The Hall–Kier alpha value is -2.18. The van der Waals surface area contributed by atoms with Gasteiger partial charge in [-0.1, -0.05) is 17.7 Å². The highest BCUT2D eigenvalue weighted by atomic mass is 35.5. The summed E-state index contributed by atoms with van der Waals surface area (Å²) in [5.41, 5.74) is 0.599. The third-order valence-corrected chi connectivity index (χ3v) is 4.78. The number of aromatic amines is 1. The van der Waals surface area contributed by atoms with Crippen molar-refractivity contribution in [3.05, 3.63) is 63.3 Å². The first-order valence-electron chi connectivity index (χ1n) is 8.31. The molecule has 7 heteroatoms. The third kappa shape index (κ3) is 4.27. The van der Waals surface area contributed by atoms with Crippen LogP contribution in [0.1, 0.15) is 28.8 Å². The number of hydrogen-bond donors (Lipinski definition) is 1. The van der Waals surface area contributed by atoms with Crippen molar-refractivity contribution in [2.45, 2.75) is 25.4 Å². The molecule has 1 saturated heterocycles. The molecule has 0 saturated carbocycles. The maximum atomic E-state index is 13.1. The van der Waals surface area contributed by atoms with E-state index < -0.39 is 5.56 Å². The topological polar surface area (TPSA) is 69.3 Å². The molecule has 6 nitrogen and oxygen atoms in total. The second-order valence-electron chi connectivity index (χ2n) is 6.39. The molecule has 0 atom stereocenters. The van der Waals surface area contributed by atoms with Crippen molar-refractivity contribution in [1.29, 1.82) is 0 Å². The van der Waals surface area contributed by atoms with E-state index in [1.165, 1.54) is 12.3 Å². The van der Waals surface area contributed by atoms with Crippen molar-refractivity contribution in [2.75, 3.05) is 20.1 Å². The molecule has 2 aromatic heterocycles. The fourth-order valence-electron chi connectivity index (χ4n) is 3.13. The van der Waals surface area contributed by atoms with Crippen LogP contribution in [0.15, 0.2) is 41.6 Å². The number of carbonyl (C=O) groups is 1. The van der Waals surface area contributed by atoms with Gasteiger partial charge in [-0.05, 0) is 50.7 Å². The summed E-state index contributed by atoms with van der Waals surface area (Å²) in [6.07, 6.45) is 6.59. The number of amides is 1. The quantitative estimate of drug-likeness (QED) is 0.907. The van der Waals surface area contributed by atoms with Crippen LogP contribution in [0.4, 0.5) is 0 Å².